The van der Waals surface area contributed by atoms with E-state index in [-0.39, 0.29) is 0 Å². The van der Waals surface area contributed by atoms with Gasteiger partial charge in [0.05, 0.1) is 6.61 Å². The Hall–Kier alpha value is -1.02. The Morgan fingerprint density at radius 3 is 2.53 bits per heavy atom. The molecule has 1 atom stereocenters. The summed E-state index contributed by atoms with van der Waals surface area (Å²) in [5, 5.41) is 3.52. The number of para-hydroxylation sites is 1. The quantitative estimate of drug-likeness (QED) is 0.773. The van der Waals surface area contributed by atoms with Gasteiger partial charge in [0, 0.05) is 24.9 Å². The number of nitrogens with one attached hydrogen (secondary N) is 1. The predicted octanol–water partition coefficient (Wildman–Crippen LogP) is 3.93. The topological polar surface area (TPSA) is 21.3 Å². The van der Waals surface area contributed by atoms with Crippen LogP contribution in [0.1, 0.15) is 32.8 Å². The molecule has 1 aromatic carbocycles. The Balaban J connectivity index is 2.50. The third-order valence-electron chi connectivity index (χ3n) is 2.83. The minimum Gasteiger partial charge on any atom is -0.384 e. The molecule has 0 saturated heterocycles. The molecule has 0 radical (unpaired) electrons. The van der Waals surface area contributed by atoms with E-state index in [0.717, 1.165) is 12.5 Å². The fourth-order valence-corrected chi connectivity index (χ4v) is 2.15. The molecular formula is C15H25NO. The predicted molar refractivity (Wildman–Crippen MR) is 74.3 cm³/mol. The first-order chi connectivity index (χ1) is 8.13. The van der Waals surface area contributed by atoms with Gasteiger partial charge < -0.3 is 10.1 Å². The second-order valence-corrected chi connectivity index (χ2v) is 5.21. The lowest BCUT2D eigenvalue weighted by molar-refractivity contribution is 0.185. The first-order valence-corrected chi connectivity index (χ1v) is 6.44. The minimum atomic E-state index is 0.668. The average Bonchev–Trinajstić information content (AvgIpc) is 2.27. The van der Waals surface area contributed by atoms with E-state index in [1.54, 1.807) is 7.11 Å². The van der Waals surface area contributed by atoms with E-state index in [1.807, 2.05) is 0 Å². The summed E-state index contributed by atoms with van der Waals surface area (Å²) < 4.78 is 5.20. The molecule has 96 valence electrons. The second kappa shape index (κ2) is 7.33. The van der Waals surface area contributed by atoms with Gasteiger partial charge in [-0.05, 0) is 24.3 Å². The highest BCUT2D eigenvalue weighted by molar-refractivity contribution is 5.50. The molecule has 0 fully saturated rings. The average molecular weight is 235 g/mol. The van der Waals surface area contributed by atoms with Crippen molar-refractivity contribution in [2.75, 3.05) is 19.0 Å². The molecule has 0 bridgehead atoms. The molecule has 0 aliphatic heterocycles. The van der Waals surface area contributed by atoms with Gasteiger partial charge in [-0.15, -0.1) is 0 Å². The number of rotatable bonds is 7. The molecule has 0 heterocycles. The van der Waals surface area contributed by atoms with E-state index in [9.17, 15) is 0 Å². The van der Waals surface area contributed by atoms with Crippen LogP contribution in [0.15, 0.2) is 24.3 Å². The van der Waals surface area contributed by atoms with Gasteiger partial charge in [-0.3, -0.25) is 0 Å². The number of hydrogen-bond acceptors (Lipinski definition) is 2. The second-order valence-electron chi connectivity index (χ2n) is 5.21. The van der Waals surface area contributed by atoms with Crippen LogP contribution in [0.5, 0.6) is 0 Å². The molecule has 1 rings (SSSR count). The first-order valence-electron chi connectivity index (χ1n) is 6.44. The first kappa shape index (κ1) is 14.0. The molecule has 2 heteroatoms. The lowest BCUT2D eigenvalue weighted by atomic mass is 9.99. The largest absolute Gasteiger partial charge is 0.384 e. The van der Waals surface area contributed by atoms with Crippen molar-refractivity contribution in [2.45, 2.75) is 33.8 Å². The van der Waals surface area contributed by atoms with Crippen molar-refractivity contribution >= 4 is 5.69 Å². The lowest BCUT2D eigenvalue weighted by Gasteiger charge is -2.17. The Morgan fingerprint density at radius 1 is 1.18 bits per heavy atom. The highest BCUT2D eigenvalue weighted by atomic mass is 16.5. The Kier molecular flexibility index (Phi) is 6.06. The third kappa shape index (κ3) is 5.22. The summed E-state index contributed by atoms with van der Waals surface area (Å²) in [5.41, 5.74) is 2.43. The number of ether oxygens (including phenoxy) is 1. The molecule has 1 aromatic rings. The highest BCUT2D eigenvalue weighted by Crippen LogP contribution is 2.18. The van der Waals surface area contributed by atoms with Crippen molar-refractivity contribution in [2.24, 2.45) is 11.8 Å². The van der Waals surface area contributed by atoms with E-state index in [0.29, 0.717) is 12.5 Å². The van der Waals surface area contributed by atoms with Crippen LogP contribution in [0.4, 0.5) is 5.69 Å². The summed E-state index contributed by atoms with van der Waals surface area (Å²) >= 11 is 0. The van der Waals surface area contributed by atoms with Crippen molar-refractivity contribution in [3.8, 4) is 0 Å². The van der Waals surface area contributed by atoms with Crippen molar-refractivity contribution in [3.63, 3.8) is 0 Å². The van der Waals surface area contributed by atoms with Gasteiger partial charge in [0.2, 0.25) is 0 Å². The lowest BCUT2D eigenvalue weighted by Crippen LogP contribution is -2.14. The van der Waals surface area contributed by atoms with Gasteiger partial charge in [0.15, 0.2) is 0 Å². The minimum absolute atomic E-state index is 0.668. The number of anilines is 1. The molecule has 2 nitrogen and oxygen atoms in total. The molecule has 0 spiro atoms. The summed E-state index contributed by atoms with van der Waals surface area (Å²) in [5.74, 6) is 1.46. The number of hydrogen-bond donors (Lipinski definition) is 1. The maximum Gasteiger partial charge on any atom is 0.0733 e. The molecular weight excluding hydrogens is 210 g/mol. The standard InChI is InChI=1S/C15H25NO/c1-12(2)9-13(3)10-16-15-8-6-5-7-14(15)11-17-4/h5-8,12-13,16H,9-11H2,1-4H3. The zero-order chi connectivity index (χ0) is 12.7. The van der Waals surface area contributed by atoms with Gasteiger partial charge in [-0.1, -0.05) is 39.0 Å². The molecule has 1 unspecified atom stereocenters. The normalized spacial score (nSPS) is 12.8. The zero-order valence-corrected chi connectivity index (χ0v) is 11.5. The SMILES string of the molecule is COCc1ccccc1NCC(C)CC(C)C. The summed E-state index contributed by atoms with van der Waals surface area (Å²) in [4.78, 5) is 0. The number of methoxy groups -OCH3 is 1. The Labute approximate surface area is 105 Å². The van der Waals surface area contributed by atoms with Crippen molar-refractivity contribution in [3.05, 3.63) is 29.8 Å². The maximum atomic E-state index is 5.20. The van der Waals surface area contributed by atoms with E-state index >= 15 is 0 Å². The van der Waals surface area contributed by atoms with Crippen LogP contribution in [-0.4, -0.2) is 13.7 Å². The van der Waals surface area contributed by atoms with Gasteiger partial charge in [0.1, 0.15) is 0 Å². The summed E-state index contributed by atoms with van der Waals surface area (Å²) in [7, 11) is 1.73. The molecule has 1 N–H and O–H groups in total. The highest BCUT2D eigenvalue weighted by Gasteiger charge is 2.06. The van der Waals surface area contributed by atoms with Crippen LogP contribution in [0.3, 0.4) is 0 Å². The summed E-state index contributed by atoms with van der Waals surface area (Å²) in [6, 6.07) is 8.35. The molecule has 0 amide bonds. The van der Waals surface area contributed by atoms with Crippen LogP contribution >= 0.6 is 0 Å². The monoisotopic (exact) mass is 235 g/mol. The molecule has 0 aliphatic rings. The molecule has 17 heavy (non-hydrogen) atoms. The number of benzene rings is 1. The van der Waals surface area contributed by atoms with Crippen LogP contribution in [0.2, 0.25) is 0 Å². The van der Waals surface area contributed by atoms with E-state index in [2.05, 4.69) is 50.4 Å². The smallest absolute Gasteiger partial charge is 0.0733 e. The zero-order valence-electron chi connectivity index (χ0n) is 11.5. The van der Waals surface area contributed by atoms with Crippen molar-refractivity contribution in [1.29, 1.82) is 0 Å². The van der Waals surface area contributed by atoms with Gasteiger partial charge in [-0.2, -0.15) is 0 Å². The van der Waals surface area contributed by atoms with Gasteiger partial charge >= 0.3 is 0 Å². The summed E-state index contributed by atoms with van der Waals surface area (Å²) in [6.07, 6.45) is 1.26. The van der Waals surface area contributed by atoms with E-state index < -0.39 is 0 Å². The van der Waals surface area contributed by atoms with E-state index in [1.165, 1.54) is 17.7 Å². The Bertz CT molecular complexity index is 322. The van der Waals surface area contributed by atoms with Crippen LogP contribution < -0.4 is 5.32 Å². The van der Waals surface area contributed by atoms with Crippen molar-refractivity contribution < 1.29 is 4.74 Å². The molecule has 0 saturated carbocycles. The molecule has 0 aliphatic carbocycles. The fourth-order valence-electron chi connectivity index (χ4n) is 2.15. The fraction of sp³-hybridized carbons (Fsp3) is 0.600. The van der Waals surface area contributed by atoms with Crippen LogP contribution in [0, 0.1) is 11.8 Å². The van der Waals surface area contributed by atoms with Gasteiger partial charge in [-0.25, -0.2) is 0 Å². The third-order valence-corrected chi connectivity index (χ3v) is 2.83. The molecule has 0 aromatic heterocycles. The van der Waals surface area contributed by atoms with Crippen LogP contribution in [0.25, 0.3) is 0 Å². The van der Waals surface area contributed by atoms with Gasteiger partial charge in [0.25, 0.3) is 0 Å². The van der Waals surface area contributed by atoms with Crippen molar-refractivity contribution in [1.82, 2.24) is 0 Å². The maximum absolute atomic E-state index is 5.20. The van der Waals surface area contributed by atoms with Crippen LogP contribution in [-0.2, 0) is 11.3 Å². The summed E-state index contributed by atoms with van der Waals surface area (Å²) in [6.45, 7) is 8.54. The Morgan fingerprint density at radius 2 is 1.88 bits per heavy atom. The van der Waals surface area contributed by atoms with E-state index in [4.69, 9.17) is 4.74 Å².